The van der Waals surface area contributed by atoms with Crippen molar-refractivity contribution in [3.05, 3.63) is 71.0 Å². The van der Waals surface area contributed by atoms with Gasteiger partial charge in [0.1, 0.15) is 11.9 Å². The molecule has 2 aliphatic rings. The van der Waals surface area contributed by atoms with E-state index in [1.807, 2.05) is 6.07 Å². The maximum Gasteiger partial charge on any atom is 0.148 e. The lowest BCUT2D eigenvalue weighted by atomic mass is 9.79. The molecule has 1 unspecified atom stereocenters. The molecule has 2 aromatic carbocycles. The van der Waals surface area contributed by atoms with E-state index in [-0.39, 0.29) is 16.9 Å². The Hall–Kier alpha value is -1.64. The lowest BCUT2D eigenvalue weighted by molar-refractivity contribution is 0.296. The Morgan fingerprint density at radius 3 is 2.41 bits per heavy atom. The first-order valence-corrected chi connectivity index (χ1v) is 10.3. The Morgan fingerprint density at radius 1 is 1.07 bits per heavy atom. The van der Waals surface area contributed by atoms with Crippen molar-refractivity contribution < 1.29 is 9.13 Å². The average Bonchev–Trinajstić information content (AvgIpc) is 3.54. The predicted molar refractivity (Wildman–Crippen MR) is 110 cm³/mol. The van der Waals surface area contributed by atoms with Crippen molar-refractivity contribution in [1.82, 2.24) is 0 Å². The summed E-state index contributed by atoms with van der Waals surface area (Å²) in [6, 6.07) is 12.1. The highest BCUT2D eigenvalue weighted by atomic mass is 35.5. The zero-order valence-corrected chi connectivity index (χ0v) is 16.4. The van der Waals surface area contributed by atoms with Crippen LogP contribution in [0.4, 0.5) is 4.39 Å². The number of aryl methyl sites for hydroxylation is 1. The van der Waals surface area contributed by atoms with Crippen molar-refractivity contribution in [3.63, 3.8) is 0 Å². The highest BCUT2D eigenvalue weighted by Crippen LogP contribution is 2.39. The average molecular weight is 385 g/mol. The summed E-state index contributed by atoms with van der Waals surface area (Å²) in [7, 11) is 0. The molecule has 1 saturated carbocycles. The van der Waals surface area contributed by atoms with Crippen LogP contribution in [-0.4, -0.2) is 6.61 Å². The molecule has 1 aliphatic heterocycles. The minimum atomic E-state index is -0.351. The van der Waals surface area contributed by atoms with Crippen LogP contribution in [0.1, 0.15) is 49.3 Å². The quantitative estimate of drug-likeness (QED) is 0.380. The first-order valence-electron chi connectivity index (χ1n) is 9.97. The SMILES string of the molecule is C=CC1CCC(CCc2ccc(-c3ccc(C4CO4)c(F)c3Cl)cc2)CC1. The van der Waals surface area contributed by atoms with Gasteiger partial charge in [-0.3, -0.25) is 0 Å². The molecule has 0 bridgehead atoms. The van der Waals surface area contributed by atoms with E-state index in [4.69, 9.17) is 16.3 Å². The number of hydrogen-bond donors (Lipinski definition) is 0. The molecule has 1 aliphatic carbocycles. The van der Waals surface area contributed by atoms with Gasteiger partial charge in [0.15, 0.2) is 0 Å². The number of rotatable bonds is 6. The highest BCUT2D eigenvalue weighted by molar-refractivity contribution is 6.33. The summed E-state index contributed by atoms with van der Waals surface area (Å²) in [6.07, 6.45) is 9.56. The molecule has 27 heavy (non-hydrogen) atoms. The van der Waals surface area contributed by atoms with E-state index in [0.29, 0.717) is 12.2 Å². The molecule has 1 nitrogen and oxygen atoms in total. The molecule has 1 heterocycles. The molecular formula is C24H26ClFO. The normalized spacial score (nSPS) is 24.6. The van der Waals surface area contributed by atoms with Crippen LogP contribution in [-0.2, 0) is 11.2 Å². The Labute approximate surface area is 166 Å². The van der Waals surface area contributed by atoms with Crippen molar-refractivity contribution in [2.45, 2.75) is 44.6 Å². The fraction of sp³-hybridized carbons (Fsp3) is 0.417. The van der Waals surface area contributed by atoms with Crippen LogP contribution in [0.3, 0.4) is 0 Å². The summed E-state index contributed by atoms with van der Waals surface area (Å²) in [4.78, 5) is 0. The molecule has 2 fully saturated rings. The third-order valence-corrected chi connectivity index (χ3v) is 6.49. The molecule has 0 spiro atoms. The van der Waals surface area contributed by atoms with E-state index >= 15 is 0 Å². The van der Waals surface area contributed by atoms with Crippen molar-refractivity contribution in [1.29, 1.82) is 0 Å². The number of hydrogen-bond acceptors (Lipinski definition) is 1. The fourth-order valence-electron chi connectivity index (χ4n) is 4.20. The Balaban J connectivity index is 1.39. The maximum atomic E-state index is 14.5. The molecule has 0 amide bonds. The molecule has 142 valence electrons. The molecular weight excluding hydrogens is 359 g/mol. The third kappa shape index (κ3) is 4.28. The van der Waals surface area contributed by atoms with Crippen LogP contribution >= 0.6 is 11.6 Å². The fourth-order valence-corrected chi connectivity index (χ4v) is 4.48. The van der Waals surface area contributed by atoms with Crippen LogP contribution in [0.15, 0.2) is 49.1 Å². The number of epoxide rings is 1. The van der Waals surface area contributed by atoms with Crippen molar-refractivity contribution in [3.8, 4) is 11.1 Å². The van der Waals surface area contributed by atoms with Gasteiger partial charge in [0.25, 0.3) is 0 Å². The summed E-state index contributed by atoms with van der Waals surface area (Å²) in [5.41, 5.74) is 3.60. The second-order valence-corrected chi connectivity index (χ2v) is 8.28. The summed E-state index contributed by atoms with van der Waals surface area (Å²) in [6.45, 7) is 4.50. The molecule has 4 rings (SSSR count). The monoisotopic (exact) mass is 384 g/mol. The summed E-state index contributed by atoms with van der Waals surface area (Å²) in [5.74, 6) is 1.21. The van der Waals surface area contributed by atoms with Gasteiger partial charge >= 0.3 is 0 Å². The number of halogens is 2. The van der Waals surface area contributed by atoms with Crippen LogP contribution in [0, 0.1) is 17.7 Å². The van der Waals surface area contributed by atoms with Gasteiger partial charge in [-0.1, -0.05) is 54.1 Å². The minimum absolute atomic E-state index is 0.125. The van der Waals surface area contributed by atoms with E-state index in [1.165, 1.54) is 37.7 Å². The number of benzene rings is 2. The smallest absolute Gasteiger partial charge is 0.148 e. The second kappa shape index (κ2) is 8.16. The molecule has 3 heteroatoms. The van der Waals surface area contributed by atoms with Crippen molar-refractivity contribution in [2.24, 2.45) is 11.8 Å². The maximum absolute atomic E-state index is 14.5. The second-order valence-electron chi connectivity index (χ2n) is 7.90. The Bertz CT molecular complexity index is 802. The topological polar surface area (TPSA) is 12.5 Å². The largest absolute Gasteiger partial charge is 0.368 e. The van der Waals surface area contributed by atoms with Gasteiger partial charge in [-0.25, -0.2) is 4.39 Å². The Kier molecular flexibility index (Phi) is 5.66. The van der Waals surface area contributed by atoms with Crippen LogP contribution in [0.2, 0.25) is 5.02 Å². The van der Waals surface area contributed by atoms with Crippen molar-refractivity contribution >= 4 is 11.6 Å². The van der Waals surface area contributed by atoms with Gasteiger partial charge < -0.3 is 4.74 Å². The highest BCUT2D eigenvalue weighted by Gasteiger charge is 2.29. The van der Waals surface area contributed by atoms with Gasteiger partial charge in [0.2, 0.25) is 0 Å². The zero-order chi connectivity index (χ0) is 18.8. The molecule has 0 radical (unpaired) electrons. The predicted octanol–water partition coefficient (Wildman–Crippen LogP) is 7.14. The first-order chi connectivity index (χ1) is 13.2. The summed E-state index contributed by atoms with van der Waals surface area (Å²) in [5, 5.41) is 0.190. The van der Waals surface area contributed by atoms with Gasteiger partial charge in [0, 0.05) is 11.1 Å². The van der Waals surface area contributed by atoms with Crippen LogP contribution < -0.4 is 0 Å². The van der Waals surface area contributed by atoms with E-state index in [1.54, 1.807) is 6.07 Å². The number of allylic oxidation sites excluding steroid dienone is 1. The molecule has 1 saturated heterocycles. The van der Waals surface area contributed by atoms with E-state index in [0.717, 1.165) is 29.4 Å². The summed E-state index contributed by atoms with van der Waals surface area (Å²) >= 11 is 6.29. The standard InChI is InChI=1S/C24H26ClFO/c1-2-16-3-5-17(6-4-16)7-8-18-9-11-19(12-10-18)20-13-14-21(22-15-27-22)24(26)23(20)25/h2,9-14,16-17,22H,1,3-8,15H2. The van der Waals surface area contributed by atoms with Gasteiger partial charge in [0.05, 0.1) is 11.6 Å². The van der Waals surface area contributed by atoms with Crippen molar-refractivity contribution in [2.75, 3.05) is 6.61 Å². The van der Waals surface area contributed by atoms with E-state index in [2.05, 4.69) is 36.9 Å². The first kappa shape index (κ1) is 18.7. The van der Waals surface area contributed by atoms with E-state index in [9.17, 15) is 4.39 Å². The van der Waals surface area contributed by atoms with Crippen LogP contribution in [0.5, 0.6) is 0 Å². The van der Waals surface area contributed by atoms with E-state index < -0.39 is 0 Å². The third-order valence-electron chi connectivity index (χ3n) is 6.12. The molecule has 0 N–H and O–H groups in total. The van der Waals surface area contributed by atoms with Gasteiger partial charge in [-0.15, -0.1) is 6.58 Å². The summed E-state index contributed by atoms with van der Waals surface area (Å²) < 4.78 is 19.7. The lowest BCUT2D eigenvalue weighted by Crippen LogP contribution is -2.13. The minimum Gasteiger partial charge on any atom is -0.368 e. The lowest BCUT2D eigenvalue weighted by Gasteiger charge is -2.26. The zero-order valence-electron chi connectivity index (χ0n) is 15.6. The number of ether oxygens (including phenoxy) is 1. The van der Waals surface area contributed by atoms with Gasteiger partial charge in [-0.2, -0.15) is 0 Å². The molecule has 2 aromatic rings. The molecule has 0 aromatic heterocycles. The molecule has 1 atom stereocenters. The van der Waals surface area contributed by atoms with Gasteiger partial charge in [-0.05, 0) is 61.5 Å². The Morgan fingerprint density at radius 2 is 1.78 bits per heavy atom. The van der Waals surface area contributed by atoms with Crippen LogP contribution in [0.25, 0.3) is 11.1 Å².